The van der Waals surface area contributed by atoms with Crippen LogP contribution in [0, 0.1) is 0 Å². The third-order valence-corrected chi connectivity index (χ3v) is 3.00. The fraction of sp³-hybridized carbons (Fsp3) is 0.750. The topological polar surface area (TPSA) is 33.1 Å². The van der Waals surface area contributed by atoms with Gasteiger partial charge in [-0.2, -0.15) is 5.10 Å². The maximum absolute atomic E-state index is 4.77. The minimum atomic E-state index is 0.449. The normalized spacial score (nSPS) is 15.9. The first-order valence-corrected chi connectivity index (χ1v) is 6.04. The lowest BCUT2D eigenvalue weighted by molar-refractivity contribution is 0.390. The van der Waals surface area contributed by atoms with Crippen LogP contribution in [-0.2, 0) is 19.5 Å². The van der Waals surface area contributed by atoms with Gasteiger partial charge in [-0.3, -0.25) is 4.68 Å². The number of hydrogen-bond donors (Lipinski definition) is 1. The molecular weight excluding hydrogens is 200 g/mol. The molecule has 1 aliphatic heterocycles. The van der Waals surface area contributed by atoms with Crippen molar-refractivity contribution in [3.8, 4) is 0 Å². The van der Waals surface area contributed by atoms with Crippen LogP contribution in [0.25, 0.3) is 0 Å². The summed E-state index contributed by atoms with van der Waals surface area (Å²) >= 11 is 0. The van der Waals surface area contributed by atoms with E-state index in [1.54, 1.807) is 0 Å². The highest BCUT2D eigenvalue weighted by Gasteiger charge is 2.21. The lowest BCUT2D eigenvalue weighted by atomic mass is 10.1. The van der Waals surface area contributed by atoms with E-state index in [1.807, 2.05) is 0 Å². The summed E-state index contributed by atoms with van der Waals surface area (Å²) < 4.78 is 2.18. The lowest BCUT2D eigenvalue weighted by Crippen LogP contribution is -2.26. The second-order valence-electron chi connectivity index (χ2n) is 5.07. The first-order chi connectivity index (χ1) is 7.59. The Morgan fingerprint density at radius 3 is 2.81 bits per heavy atom. The highest BCUT2D eigenvalue weighted by molar-refractivity contribution is 5.29. The second-order valence-corrected chi connectivity index (χ2v) is 5.07. The first-order valence-electron chi connectivity index (χ1n) is 6.04. The molecule has 0 fully saturated rings. The summed E-state index contributed by atoms with van der Waals surface area (Å²) in [6, 6.07) is 0.449. The minimum absolute atomic E-state index is 0.449. The molecule has 90 valence electrons. The molecule has 0 saturated heterocycles. The Morgan fingerprint density at radius 1 is 1.44 bits per heavy atom. The molecule has 4 nitrogen and oxygen atoms in total. The Labute approximate surface area is 97.6 Å². The monoisotopic (exact) mass is 222 g/mol. The average Bonchev–Trinajstić information content (AvgIpc) is 2.57. The summed E-state index contributed by atoms with van der Waals surface area (Å²) in [4.78, 5) is 2.19. The Bertz CT molecular complexity index is 365. The van der Waals surface area contributed by atoms with Crippen LogP contribution in [0.3, 0.4) is 0 Å². The van der Waals surface area contributed by atoms with Gasteiger partial charge in [-0.25, -0.2) is 0 Å². The van der Waals surface area contributed by atoms with E-state index >= 15 is 0 Å². The molecule has 2 heterocycles. The van der Waals surface area contributed by atoms with E-state index in [1.165, 1.54) is 17.0 Å². The smallest absolute Gasteiger partial charge is 0.0800 e. The van der Waals surface area contributed by atoms with E-state index in [0.717, 1.165) is 26.1 Å². The first kappa shape index (κ1) is 11.6. The van der Waals surface area contributed by atoms with Crippen molar-refractivity contribution in [2.45, 2.75) is 39.4 Å². The molecule has 0 bridgehead atoms. The average molecular weight is 222 g/mol. The van der Waals surface area contributed by atoms with Crippen LogP contribution in [0.4, 0.5) is 0 Å². The van der Waals surface area contributed by atoms with Gasteiger partial charge < -0.3 is 10.2 Å². The van der Waals surface area contributed by atoms with Crippen LogP contribution >= 0.6 is 0 Å². The molecular formula is C12H22N4. The molecule has 0 unspecified atom stereocenters. The van der Waals surface area contributed by atoms with Crippen LogP contribution in [-0.4, -0.2) is 35.3 Å². The molecule has 4 heteroatoms. The molecule has 16 heavy (non-hydrogen) atoms. The van der Waals surface area contributed by atoms with Gasteiger partial charge in [0.15, 0.2) is 0 Å². The Hall–Kier alpha value is -0.870. The zero-order valence-electron chi connectivity index (χ0n) is 10.7. The summed E-state index contributed by atoms with van der Waals surface area (Å²) in [5.41, 5.74) is 4.12. The third-order valence-electron chi connectivity index (χ3n) is 3.00. The fourth-order valence-corrected chi connectivity index (χ4v) is 2.31. The Kier molecular flexibility index (Phi) is 3.30. The maximum atomic E-state index is 4.77. The zero-order chi connectivity index (χ0) is 11.7. The summed E-state index contributed by atoms with van der Waals surface area (Å²) in [7, 11) is 4.20. The molecule has 0 saturated carbocycles. The quantitative estimate of drug-likeness (QED) is 0.833. The predicted molar refractivity (Wildman–Crippen MR) is 65.4 cm³/mol. The molecule has 1 aromatic rings. The standard InChI is InChI=1S/C12H22N4/c1-9(2)16-12-7-13-6-5-10(12)11(14-16)8-15(3)4/h9,13H,5-8H2,1-4H3. The van der Waals surface area contributed by atoms with Crippen LogP contribution in [0.1, 0.15) is 36.8 Å². The highest BCUT2D eigenvalue weighted by Crippen LogP contribution is 2.22. The zero-order valence-corrected chi connectivity index (χ0v) is 10.7. The summed E-state index contributed by atoms with van der Waals surface area (Å²) in [6.07, 6.45) is 1.12. The van der Waals surface area contributed by atoms with Gasteiger partial charge in [-0.05, 0) is 40.9 Å². The predicted octanol–water partition coefficient (Wildman–Crippen LogP) is 1.17. The van der Waals surface area contributed by atoms with Crippen molar-refractivity contribution in [3.63, 3.8) is 0 Å². The van der Waals surface area contributed by atoms with Gasteiger partial charge in [0, 0.05) is 24.7 Å². The van der Waals surface area contributed by atoms with Gasteiger partial charge in [0.2, 0.25) is 0 Å². The highest BCUT2D eigenvalue weighted by atomic mass is 15.3. The van der Waals surface area contributed by atoms with Gasteiger partial charge >= 0.3 is 0 Å². The van der Waals surface area contributed by atoms with E-state index in [-0.39, 0.29) is 0 Å². The van der Waals surface area contributed by atoms with E-state index in [2.05, 4.69) is 42.8 Å². The SMILES string of the molecule is CC(C)n1nc(CN(C)C)c2c1CNCC2. The number of hydrogen-bond acceptors (Lipinski definition) is 3. The summed E-state index contributed by atoms with van der Waals surface area (Å²) in [5.74, 6) is 0. The number of rotatable bonds is 3. The van der Waals surface area contributed by atoms with Crippen LogP contribution < -0.4 is 5.32 Å². The molecule has 0 amide bonds. The van der Waals surface area contributed by atoms with Crippen molar-refractivity contribution < 1.29 is 0 Å². The molecule has 1 N–H and O–H groups in total. The van der Waals surface area contributed by atoms with Crippen molar-refractivity contribution in [2.75, 3.05) is 20.6 Å². The Balaban J connectivity index is 2.38. The maximum Gasteiger partial charge on any atom is 0.0800 e. The molecule has 1 aliphatic rings. The lowest BCUT2D eigenvalue weighted by Gasteiger charge is -2.17. The van der Waals surface area contributed by atoms with Crippen molar-refractivity contribution >= 4 is 0 Å². The van der Waals surface area contributed by atoms with Crippen molar-refractivity contribution in [1.82, 2.24) is 20.0 Å². The van der Waals surface area contributed by atoms with Crippen molar-refractivity contribution in [3.05, 3.63) is 17.0 Å². The minimum Gasteiger partial charge on any atom is -0.311 e. The molecule has 2 rings (SSSR count). The number of fused-ring (bicyclic) bond motifs is 1. The number of nitrogens with one attached hydrogen (secondary N) is 1. The van der Waals surface area contributed by atoms with Gasteiger partial charge in [-0.1, -0.05) is 0 Å². The van der Waals surface area contributed by atoms with E-state index < -0.39 is 0 Å². The second kappa shape index (κ2) is 4.55. The van der Waals surface area contributed by atoms with Gasteiger partial charge in [-0.15, -0.1) is 0 Å². The molecule has 0 spiro atoms. The molecule has 1 aromatic heterocycles. The summed E-state index contributed by atoms with van der Waals surface area (Å²) in [6.45, 7) is 7.38. The fourth-order valence-electron chi connectivity index (χ4n) is 2.31. The molecule has 0 radical (unpaired) electrons. The summed E-state index contributed by atoms with van der Waals surface area (Å²) in [5, 5.41) is 8.19. The van der Waals surface area contributed by atoms with Gasteiger partial charge in [0.25, 0.3) is 0 Å². The van der Waals surface area contributed by atoms with Crippen LogP contribution in [0.5, 0.6) is 0 Å². The molecule has 0 aliphatic carbocycles. The van der Waals surface area contributed by atoms with Crippen LogP contribution in [0.2, 0.25) is 0 Å². The van der Waals surface area contributed by atoms with Crippen LogP contribution in [0.15, 0.2) is 0 Å². The van der Waals surface area contributed by atoms with Crippen molar-refractivity contribution in [1.29, 1.82) is 0 Å². The number of aromatic nitrogens is 2. The number of nitrogens with zero attached hydrogens (tertiary/aromatic N) is 3. The van der Waals surface area contributed by atoms with Crippen molar-refractivity contribution in [2.24, 2.45) is 0 Å². The van der Waals surface area contributed by atoms with E-state index in [4.69, 9.17) is 5.10 Å². The van der Waals surface area contributed by atoms with Gasteiger partial charge in [0.1, 0.15) is 0 Å². The molecule has 0 atom stereocenters. The van der Waals surface area contributed by atoms with Gasteiger partial charge in [0.05, 0.1) is 11.4 Å². The third kappa shape index (κ3) is 2.13. The largest absolute Gasteiger partial charge is 0.311 e. The van der Waals surface area contributed by atoms with E-state index in [0.29, 0.717) is 6.04 Å². The molecule has 0 aromatic carbocycles. The Morgan fingerprint density at radius 2 is 2.19 bits per heavy atom. The van der Waals surface area contributed by atoms with E-state index in [9.17, 15) is 0 Å².